The molecule has 0 spiro atoms. The minimum atomic E-state index is -4.06. The van der Waals surface area contributed by atoms with Crippen LogP contribution in [0.1, 0.15) is 19.3 Å². The topological polar surface area (TPSA) is 134 Å². The number of carbonyl (C=O) groups excluding carboxylic acids is 2. The van der Waals surface area contributed by atoms with E-state index in [2.05, 4.69) is 8.75 Å². The average Bonchev–Trinajstić information content (AvgIpc) is 3.35. The smallest absolute Gasteiger partial charge is 0.324 e. The molecule has 1 amide bonds. The van der Waals surface area contributed by atoms with Gasteiger partial charge in [0.05, 0.1) is 17.8 Å². The van der Waals surface area contributed by atoms with Gasteiger partial charge in [-0.1, -0.05) is 24.3 Å². The van der Waals surface area contributed by atoms with Gasteiger partial charge in [-0.2, -0.15) is 18.3 Å². The third-order valence-corrected chi connectivity index (χ3v) is 7.98. The molecule has 2 aromatic carbocycles. The zero-order valence-electron chi connectivity index (χ0n) is 18.0. The van der Waals surface area contributed by atoms with Crippen LogP contribution in [0.15, 0.2) is 53.4 Å². The van der Waals surface area contributed by atoms with Crippen LogP contribution in [0.2, 0.25) is 0 Å². The molecule has 1 unspecified atom stereocenters. The molecule has 0 aliphatic carbocycles. The Hall–Kier alpha value is -3.40. The summed E-state index contributed by atoms with van der Waals surface area (Å²) < 4.78 is 41.5. The lowest BCUT2D eigenvalue weighted by Crippen LogP contribution is -2.49. The van der Waals surface area contributed by atoms with Crippen molar-refractivity contribution in [2.75, 3.05) is 24.6 Å². The number of piperidine rings is 1. The van der Waals surface area contributed by atoms with Crippen molar-refractivity contribution >= 4 is 50.3 Å². The van der Waals surface area contributed by atoms with Gasteiger partial charge in [-0.3, -0.25) is 14.5 Å². The second kappa shape index (κ2) is 10.3. The number of sulfonamides is 1. The molecule has 2 heterocycles. The molecule has 34 heavy (non-hydrogen) atoms. The summed E-state index contributed by atoms with van der Waals surface area (Å²) in [5, 5.41) is 9.09. The van der Waals surface area contributed by atoms with Crippen molar-refractivity contribution in [1.29, 1.82) is 5.26 Å². The largest absolute Gasteiger partial charge is 0.454 e. The number of nitriles is 1. The van der Waals surface area contributed by atoms with Crippen molar-refractivity contribution < 1.29 is 22.7 Å². The van der Waals surface area contributed by atoms with E-state index in [1.807, 2.05) is 6.07 Å². The van der Waals surface area contributed by atoms with E-state index in [0.717, 1.165) is 16.0 Å². The Morgan fingerprint density at radius 3 is 2.71 bits per heavy atom. The fraction of sp³-hybridized carbons (Fsp3) is 0.318. The normalized spacial score (nSPS) is 16.6. The Labute approximate surface area is 200 Å². The number of nitrogens with zero attached hydrogens (tertiary/aromatic N) is 5. The summed E-state index contributed by atoms with van der Waals surface area (Å²) in [4.78, 5) is 26.8. The number of benzene rings is 2. The Bertz CT molecular complexity index is 1340. The maximum absolute atomic E-state index is 13.5. The van der Waals surface area contributed by atoms with Crippen LogP contribution in [-0.4, -0.2) is 59.1 Å². The van der Waals surface area contributed by atoms with E-state index in [1.165, 1.54) is 11.0 Å². The first-order chi connectivity index (χ1) is 16.4. The number of carbonyl (C=O) groups is 2. The molecule has 1 aliphatic heterocycles. The average molecular weight is 500 g/mol. The number of ether oxygens (including phenoxy) is 1. The van der Waals surface area contributed by atoms with Crippen molar-refractivity contribution in [3.63, 3.8) is 0 Å². The Kier molecular flexibility index (Phi) is 7.16. The van der Waals surface area contributed by atoms with E-state index in [1.54, 1.807) is 42.5 Å². The lowest BCUT2D eigenvalue weighted by Gasteiger charge is -2.33. The Balaban J connectivity index is 1.51. The first kappa shape index (κ1) is 23.7. The summed E-state index contributed by atoms with van der Waals surface area (Å²) in [5.74, 6) is -1.38. The lowest BCUT2D eigenvalue weighted by atomic mass is 10.1. The summed E-state index contributed by atoms with van der Waals surface area (Å²) in [7, 11) is -4.06. The highest BCUT2D eigenvalue weighted by molar-refractivity contribution is 7.89. The van der Waals surface area contributed by atoms with E-state index in [9.17, 15) is 18.0 Å². The molecule has 1 fully saturated rings. The molecule has 1 saturated heterocycles. The number of hydrogen-bond acceptors (Lipinski definition) is 9. The van der Waals surface area contributed by atoms with Crippen LogP contribution in [0.5, 0.6) is 0 Å². The van der Waals surface area contributed by atoms with E-state index in [0.29, 0.717) is 24.0 Å². The minimum Gasteiger partial charge on any atom is -0.454 e. The first-order valence-electron chi connectivity index (χ1n) is 10.6. The van der Waals surface area contributed by atoms with Crippen molar-refractivity contribution in [2.45, 2.75) is 30.2 Å². The van der Waals surface area contributed by atoms with Gasteiger partial charge in [0.25, 0.3) is 5.91 Å². The maximum Gasteiger partial charge on any atom is 0.324 e. The summed E-state index contributed by atoms with van der Waals surface area (Å²) >= 11 is 0.913. The van der Waals surface area contributed by atoms with Crippen LogP contribution >= 0.6 is 11.7 Å². The van der Waals surface area contributed by atoms with Crippen LogP contribution in [0.3, 0.4) is 0 Å². The van der Waals surface area contributed by atoms with Crippen molar-refractivity contribution in [3.8, 4) is 6.07 Å². The highest BCUT2D eigenvalue weighted by atomic mass is 32.2. The highest BCUT2D eigenvalue weighted by Crippen LogP contribution is 2.30. The summed E-state index contributed by atoms with van der Waals surface area (Å²) in [5.41, 5.74) is 1.22. The third-order valence-electron chi connectivity index (χ3n) is 5.50. The van der Waals surface area contributed by atoms with E-state index < -0.39 is 34.5 Å². The molecule has 3 aromatic rings. The Morgan fingerprint density at radius 2 is 1.94 bits per heavy atom. The van der Waals surface area contributed by atoms with Gasteiger partial charge in [-0.25, -0.2) is 8.42 Å². The number of fused-ring (bicyclic) bond motifs is 1. The van der Waals surface area contributed by atoms with Crippen LogP contribution in [0.4, 0.5) is 5.69 Å². The van der Waals surface area contributed by atoms with Crippen LogP contribution in [0, 0.1) is 11.3 Å². The first-order valence-corrected chi connectivity index (χ1v) is 12.7. The number of rotatable bonds is 7. The molecule has 12 heteroatoms. The lowest BCUT2D eigenvalue weighted by molar-refractivity contribution is -0.152. The second-order valence-corrected chi connectivity index (χ2v) is 9.98. The van der Waals surface area contributed by atoms with E-state index in [-0.39, 0.29) is 29.9 Å². The third kappa shape index (κ3) is 4.77. The van der Waals surface area contributed by atoms with Crippen LogP contribution in [-0.2, 0) is 24.3 Å². The Morgan fingerprint density at radius 1 is 1.15 bits per heavy atom. The van der Waals surface area contributed by atoms with Crippen molar-refractivity contribution in [1.82, 2.24) is 13.1 Å². The zero-order valence-corrected chi connectivity index (χ0v) is 19.7. The highest BCUT2D eigenvalue weighted by Gasteiger charge is 2.40. The van der Waals surface area contributed by atoms with Gasteiger partial charge in [0.2, 0.25) is 10.0 Å². The molecule has 10 nitrogen and oxygen atoms in total. The van der Waals surface area contributed by atoms with Gasteiger partial charge in [-0.15, -0.1) is 0 Å². The monoisotopic (exact) mass is 499 g/mol. The molecule has 1 atom stereocenters. The van der Waals surface area contributed by atoms with E-state index in [4.69, 9.17) is 10.00 Å². The predicted molar refractivity (Wildman–Crippen MR) is 124 cm³/mol. The summed E-state index contributed by atoms with van der Waals surface area (Å²) in [6, 6.07) is 14.1. The van der Waals surface area contributed by atoms with Gasteiger partial charge in [0, 0.05) is 12.2 Å². The molecular formula is C22H21N5O5S2. The minimum absolute atomic E-state index is 0.0150. The second-order valence-electron chi connectivity index (χ2n) is 7.60. The number of amides is 1. The number of anilines is 1. The fourth-order valence-corrected chi connectivity index (χ4v) is 6.25. The molecule has 1 aliphatic rings. The molecule has 0 bridgehead atoms. The fourth-order valence-electron chi connectivity index (χ4n) is 3.85. The standard InChI is InChI=1S/C22H21N5O5S2/c23-12-14-26(16-7-2-1-3-8-16)20(28)15-32-22(29)18-10-4-5-13-27(18)34(30,31)19-11-6-9-17-21(19)25-33-24-17/h1-3,6-9,11,18H,4-5,10,13-15H2. The molecular weight excluding hydrogens is 478 g/mol. The quantitative estimate of drug-likeness (QED) is 0.357. The van der Waals surface area contributed by atoms with Crippen LogP contribution < -0.4 is 4.90 Å². The number of esters is 1. The maximum atomic E-state index is 13.5. The number of para-hydroxylation sites is 1. The molecule has 1 aromatic heterocycles. The summed E-state index contributed by atoms with van der Waals surface area (Å²) in [6.45, 7) is -0.671. The number of aromatic nitrogens is 2. The molecule has 0 radical (unpaired) electrons. The molecule has 0 N–H and O–H groups in total. The van der Waals surface area contributed by atoms with Crippen LogP contribution in [0.25, 0.3) is 11.0 Å². The zero-order chi connectivity index (χ0) is 24.1. The van der Waals surface area contributed by atoms with E-state index >= 15 is 0 Å². The van der Waals surface area contributed by atoms with Gasteiger partial charge in [0.15, 0.2) is 6.61 Å². The van der Waals surface area contributed by atoms with Gasteiger partial charge in [-0.05, 0) is 43.5 Å². The predicted octanol–water partition coefficient (Wildman–Crippen LogP) is 2.33. The van der Waals surface area contributed by atoms with Crippen molar-refractivity contribution in [3.05, 3.63) is 48.5 Å². The number of hydrogen-bond donors (Lipinski definition) is 0. The molecule has 176 valence electrons. The molecule has 0 saturated carbocycles. The van der Waals surface area contributed by atoms with Gasteiger partial charge in [0.1, 0.15) is 28.5 Å². The molecule has 4 rings (SSSR count). The summed E-state index contributed by atoms with van der Waals surface area (Å²) in [6.07, 6.45) is 1.52. The SMILES string of the molecule is N#CCN(C(=O)COC(=O)C1CCCCN1S(=O)(=O)c1cccc2nsnc12)c1ccccc1. The van der Waals surface area contributed by atoms with Gasteiger partial charge < -0.3 is 4.74 Å². The van der Waals surface area contributed by atoms with Crippen molar-refractivity contribution in [2.24, 2.45) is 0 Å². The van der Waals surface area contributed by atoms with Gasteiger partial charge >= 0.3 is 5.97 Å².